The van der Waals surface area contributed by atoms with Gasteiger partial charge in [-0.25, -0.2) is 9.97 Å². The zero-order valence-electron chi connectivity index (χ0n) is 82.1. The van der Waals surface area contributed by atoms with E-state index < -0.39 is 26.0 Å². The number of fused-ring (bicyclic) bond motifs is 2. The summed E-state index contributed by atoms with van der Waals surface area (Å²) in [5.74, 6) is 1.65. The Kier molecular flexibility index (Phi) is 21.6. The number of imidazole rings is 2. The van der Waals surface area contributed by atoms with Crippen molar-refractivity contribution in [2.24, 2.45) is 0 Å². The van der Waals surface area contributed by atoms with E-state index in [4.69, 9.17) is 32.3 Å². The number of phenols is 2. The molecule has 0 saturated carbocycles. The molecule has 0 aliphatic carbocycles. The molecular formula is C112H112N6O2Pt2-2. The number of hydrogen-bond donors (Lipinski definition) is 2. The molecule has 10 heteroatoms. The van der Waals surface area contributed by atoms with Crippen LogP contribution in [0, 0.1) is 39.8 Å². The van der Waals surface area contributed by atoms with Crippen LogP contribution in [0.1, 0.15) is 192 Å². The standard InChI is InChI=1S/2C56H56N3O.2Pt/c2*1-35-28-36(2)52(60)47(29-35)53-58-51-45(18-15-19-50(51)59(53)49-25-24-43(55(6,7)8)34-46(49)38-16-13-12-14-17-38)40-30-41(32-44(31-40)56(9,10)11)48-33-39(26-27-57-48)37-20-22-42(23-21-37)54(3,4)5;;/h2*12-29,31-34,60H,1-11H3;;/q2*-1;;/i3D3,4D3,5D3;;;. The Hall–Kier alpha value is -11.1. The number of pyridine rings is 2. The van der Waals surface area contributed by atoms with Crippen molar-refractivity contribution in [2.75, 3.05) is 0 Å². The monoisotopic (exact) mass is 1970 g/mol. The van der Waals surface area contributed by atoms with Crippen LogP contribution in [0.15, 0.2) is 267 Å². The van der Waals surface area contributed by atoms with Crippen molar-refractivity contribution in [2.45, 2.75) is 185 Å². The first-order valence-corrected chi connectivity index (χ1v) is 41.3. The predicted octanol–water partition coefficient (Wildman–Crippen LogP) is 29.5. The Morgan fingerprint density at radius 3 is 0.992 bits per heavy atom. The first-order valence-electron chi connectivity index (χ1n) is 45.8. The Morgan fingerprint density at radius 1 is 0.295 bits per heavy atom. The van der Waals surface area contributed by atoms with Gasteiger partial charge < -0.3 is 10.2 Å². The summed E-state index contributed by atoms with van der Waals surface area (Å²) < 4.78 is 78.0. The fraction of sp³-hybridized carbons (Fsp3) is 0.250. The van der Waals surface area contributed by atoms with E-state index >= 15 is 0 Å². The van der Waals surface area contributed by atoms with Crippen LogP contribution < -0.4 is 0 Å². The van der Waals surface area contributed by atoms with Gasteiger partial charge in [0.05, 0.1) is 44.6 Å². The van der Waals surface area contributed by atoms with Crippen LogP contribution in [0.4, 0.5) is 0 Å². The second-order valence-electron chi connectivity index (χ2n) is 37.4. The average molecular weight is 1970 g/mol. The first kappa shape index (κ1) is 77.0. The van der Waals surface area contributed by atoms with Gasteiger partial charge in [-0.15, -0.1) is 58.7 Å². The smallest absolute Gasteiger partial charge is 0.148 e. The predicted molar refractivity (Wildman–Crippen MR) is 504 cm³/mol. The second-order valence-corrected chi connectivity index (χ2v) is 37.4. The van der Waals surface area contributed by atoms with Crippen molar-refractivity contribution in [1.82, 2.24) is 29.1 Å². The van der Waals surface area contributed by atoms with Gasteiger partial charge in [-0.05, 0) is 199 Å². The summed E-state index contributed by atoms with van der Waals surface area (Å²) >= 11 is 0. The van der Waals surface area contributed by atoms with Gasteiger partial charge in [-0.3, -0.25) is 19.1 Å². The Labute approximate surface area is 764 Å². The maximum absolute atomic E-state index is 11.8. The van der Waals surface area contributed by atoms with Crippen LogP contribution in [0.25, 0.3) is 145 Å². The van der Waals surface area contributed by atoms with Gasteiger partial charge in [-0.2, -0.15) is 0 Å². The summed E-state index contributed by atoms with van der Waals surface area (Å²) in [5.41, 5.74) is 26.5. The molecule has 0 bridgehead atoms. The third-order valence-corrected chi connectivity index (χ3v) is 23.0. The number of para-hydroxylation sites is 2. The maximum Gasteiger partial charge on any atom is 0.148 e. The summed E-state index contributed by atoms with van der Waals surface area (Å²) in [6.45, 7) is 31.1. The Bertz CT molecular complexity index is 6920. The number of aromatic hydroxyl groups is 2. The molecule has 0 aliphatic rings. The zero-order valence-corrected chi connectivity index (χ0v) is 77.7. The van der Waals surface area contributed by atoms with E-state index in [1.165, 1.54) is 34.4 Å². The topological polar surface area (TPSA) is 102 Å². The minimum Gasteiger partial charge on any atom is -0.507 e. The minimum atomic E-state index is -3.37. The van der Waals surface area contributed by atoms with Crippen LogP contribution in [-0.2, 0) is 74.6 Å². The van der Waals surface area contributed by atoms with E-state index in [2.05, 4.69) is 296 Å². The van der Waals surface area contributed by atoms with Crippen LogP contribution >= 0.6 is 0 Å². The molecule has 0 atom stereocenters. The van der Waals surface area contributed by atoms with Crippen molar-refractivity contribution in [1.29, 1.82) is 0 Å². The van der Waals surface area contributed by atoms with Gasteiger partial charge in [0.15, 0.2) is 0 Å². The van der Waals surface area contributed by atoms with Crippen LogP contribution in [0.3, 0.4) is 0 Å². The summed E-state index contributed by atoms with van der Waals surface area (Å²) in [6, 6.07) is 93.5. The molecule has 0 saturated heterocycles. The van der Waals surface area contributed by atoms with Gasteiger partial charge in [0.25, 0.3) is 0 Å². The number of aromatic nitrogens is 6. The van der Waals surface area contributed by atoms with E-state index in [-0.39, 0.29) is 86.3 Å². The summed E-state index contributed by atoms with van der Waals surface area (Å²) in [4.78, 5) is 20.7. The quantitative estimate of drug-likeness (QED) is 0.118. The van der Waals surface area contributed by atoms with E-state index in [1.54, 1.807) is 24.4 Å². The zero-order chi connectivity index (χ0) is 92.9. The molecule has 16 aromatic rings. The Balaban J connectivity index is 0.000000222. The van der Waals surface area contributed by atoms with Crippen molar-refractivity contribution < 1.29 is 64.7 Å². The molecule has 2 N–H and O–H groups in total. The number of phenolic OH excluding ortho intramolecular Hbond substituents is 2. The van der Waals surface area contributed by atoms with Crippen molar-refractivity contribution >= 4 is 22.1 Å². The fourth-order valence-corrected chi connectivity index (χ4v) is 16.0. The normalized spacial score (nSPS) is 13.5. The molecule has 4 aromatic heterocycles. The molecule has 0 aliphatic heterocycles. The molecule has 4 heterocycles. The molecule has 0 unspecified atom stereocenters. The van der Waals surface area contributed by atoms with Crippen LogP contribution in [0.2, 0.25) is 0 Å². The molecule has 624 valence electrons. The molecule has 8 nitrogen and oxygen atoms in total. The van der Waals surface area contributed by atoms with Gasteiger partial charge >= 0.3 is 0 Å². The second kappa shape index (κ2) is 34.3. The van der Waals surface area contributed by atoms with E-state index in [0.717, 1.165) is 123 Å². The van der Waals surface area contributed by atoms with Crippen molar-refractivity contribution in [3.63, 3.8) is 0 Å². The molecule has 122 heavy (non-hydrogen) atoms. The summed E-state index contributed by atoms with van der Waals surface area (Å²) in [7, 11) is 0. The molecule has 0 amide bonds. The number of nitrogens with zero attached hydrogens (tertiary/aromatic N) is 6. The SMILES string of the molecule is Cc1cc(C)c(O)c(-c2nc3c(-c4[c-]c(-c5cc(-c6ccc(C(C)(C)C)cc6)ccn5)cc(C(C)(C)C)c4)cccc3n2-c2ccc(C(C)(C)C)cc2-c2ccccc2)c1.[2H]C([2H])([2H])C(c1ccc(-c2ccnc(-c3[c-]c(-c4cccc5c4nc(-c4cc(C)cc(C)c4O)n5-c4ccc(C(C)(C)C)cc4-c4ccccc4)cc(C(C)(C)C)c3)c2)cc1)(C([2H])([2H])[2H])C([2H])([2H])[2H].[Pt].[Pt]. The molecule has 0 radical (unpaired) electrons. The molecule has 0 spiro atoms. The summed E-state index contributed by atoms with van der Waals surface area (Å²) in [5, 5.41) is 23.6. The first-order chi connectivity index (χ1) is 60.5. The van der Waals surface area contributed by atoms with Crippen LogP contribution in [-0.4, -0.2) is 39.3 Å². The minimum absolute atomic E-state index is 0. The number of benzene rings is 12. The maximum atomic E-state index is 11.8. The summed E-state index contributed by atoms with van der Waals surface area (Å²) in [6.07, 6.45) is 3.56. The number of rotatable bonds is 12. The van der Waals surface area contributed by atoms with Crippen molar-refractivity contribution in [3.8, 4) is 135 Å². The Morgan fingerprint density at radius 2 is 0.639 bits per heavy atom. The molecular weight excluding hydrogens is 1850 g/mol. The van der Waals surface area contributed by atoms with Gasteiger partial charge in [0, 0.05) is 89.4 Å². The van der Waals surface area contributed by atoms with E-state index in [9.17, 15) is 10.2 Å². The number of hydrogen-bond acceptors (Lipinski definition) is 6. The average Bonchev–Trinajstić information content (AvgIpc) is 1.53. The molecule has 16 rings (SSSR count). The van der Waals surface area contributed by atoms with Gasteiger partial charge in [0.1, 0.15) is 23.1 Å². The van der Waals surface area contributed by atoms with Gasteiger partial charge in [-0.1, -0.05) is 317 Å². The molecule has 0 fully saturated rings. The van der Waals surface area contributed by atoms with Crippen LogP contribution in [0.5, 0.6) is 11.5 Å². The largest absolute Gasteiger partial charge is 0.507 e. The third kappa shape index (κ3) is 18.3. The third-order valence-electron chi connectivity index (χ3n) is 23.0. The van der Waals surface area contributed by atoms with Gasteiger partial charge in [0.2, 0.25) is 0 Å². The van der Waals surface area contributed by atoms with Crippen molar-refractivity contribution in [3.05, 3.63) is 335 Å². The van der Waals surface area contributed by atoms with E-state index in [0.29, 0.717) is 50.7 Å². The molecule has 12 aromatic carbocycles. The fourth-order valence-electron chi connectivity index (χ4n) is 16.0. The number of aryl methyl sites for hydroxylation is 4. The van der Waals surface area contributed by atoms with E-state index in [1.807, 2.05) is 87.6 Å².